The lowest BCUT2D eigenvalue weighted by atomic mass is 9.96. The van der Waals surface area contributed by atoms with Gasteiger partial charge in [-0.25, -0.2) is 4.39 Å². The lowest BCUT2D eigenvalue weighted by molar-refractivity contribution is -0.129. The zero-order valence-electron chi connectivity index (χ0n) is 14.1. The predicted molar refractivity (Wildman–Crippen MR) is 88.4 cm³/mol. The summed E-state index contributed by atoms with van der Waals surface area (Å²) < 4.78 is 19.6. The minimum atomic E-state index is -0.896. The summed E-state index contributed by atoms with van der Waals surface area (Å²) in [5.41, 5.74) is 0.171. The van der Waals surface area contributed by atoms with Crippen molar-refractivity contribution in [3.63, 3.8) is 0 Å². The Labute approximate surface area is 145 Å². The molecule has 1 atom stereocenters. The van der Waals surface area contributed by atoms with Crippen molar-refractivity contribution in [3.8, 4) is 0 Å². The number of carbonyl (C=O) groups is 2. The quantitative estimate of drug-likeness (QED) is 0.872. The first-order chi connectivity index (χ1) is 12.0. The van der Waals surface area contributed by atoms with Gasteiger partial charge in [0.15, 0.2) is 11.5 Å². The molecule has 2 aliphatic rings. The van der Waals surface area contributed by atoms with Crippen molar-refractivity contribution in [1.29, 1.82) is 0 Å². The molecule has 1 N–H and O–H groups in total. The first kappa shape index (κ1) is 17.6. The molecule has 1 fully saturated rings. The average molecular weight is 348 g/mol. The summed E-state index contributed by atoms with van der Waals surface area (Å²) in [7, 11) is 0. The number of aliphatic hydroxyl groups is 1. The molecule has 134 valence electrons. The Morgan fingerprint density at radius 2 is 1.96 bits per heavy atom. The molecule has 1 saturated heterocycles. The number of Topliss-reactive ketones (excluding diaryl/α,β-unsaturated/α-hetero) is 1. The maximum absolute atomic E-state index is 14.3. The van der Waals surface area contributed by atoms with Gasteiger partial charge in [0, 0.05) is 31.7 Å². The van der Waals surface area contributed by atoms with Crippen LogP contribution >= 0.6 is 0 Å². The van der Waals surface area contributed by atoms with Crippen LogP contribution in [0.3, 0.4) is 0 Å². The second-order valence-corrected chi connectivity index (χ2v) is 6.20. The van der Waals surface area contributed by atoms with Gasteiger partial charge in [0.1, 0.15) is 5.82 Å². The van der Waals surface area contributed by atoms with Crippen LogP contribution in [-0.2, 0) is 14.3 Å². The monoisotopic (exact) mass is 348 g/mol. The van der Waals surface area contributed by atoms with Gasteiger partial charge in [-0.05, 0) is 13.0 Å². The van der Waals surface area contributed by atoms with Crippen LogP contribution in [0.1, 0.15) is 18.5 Å². The summed E-state index contributed by atoms with van der Waals surface area (Å²) in [6.07, 6.45) is 0. The van der Waals surface area contributed by atoms with Crippen LogP contribution in [0.2, 0.25) is 0 Å². The molecule has 25 heavy (non-hydrogen) atoms. The van der Waals surface area contributed by atoms with E-state index in [1.807, 2.05) is 0 Å². The highest BCUT2D eigenvalue weighted by Gasteiger charge is 2.43. The normalized spacial score (nSPS) is 21.9. The summed E-state index contributed by atoms with van der Waals surface area (Å²) in [6, 6.07) is 5.12. The van der Waals surface area contributed by atoms with Crippen molar-refractivity contribution in [1.82, 2.24) is 9.80 Å². The van der Waals surface area contributed by atoms with Gasteiger partial charge < -0.3 is 14.7 Å². The molecule has 0 unspecified atom stereocenters. The first-order valence-corrected chi connectivity index (χ1v) is 8.30. The van der Waals surface area contributed by atoms with Crippen LogP contribution < -0.4 is 0 Å². The van der Waals surface area contributed by atoms with Crippen molar-refractivity contribution in [2.45, 2.75) is 13.0 Å². The number of rotatable bonds is 5. The van der Waals surface area contributed by atoms with E-state index in [1.54, 1.807) is 12.1 Å². The summed E-state index contributed by atoms with van der Waals surface area (Å²) in [4.78, 5) is 28.0. The lowest BCUT2D eigenvalue weighted by Crippen LogP contribution is -2.43. The Hall–Kier alpha value is -2.25. The third-order valence-electron chi connectivity index (χ3n) is 4.64. The molecule has 1 amide bonds. The third-order valence-corrected chi connectivity index (χ3v) is 4.64. The summed E-state index contributed by atoms with van der Waals surface area (Å²) in [5.74, 6) is -2.16. The number of hydrogen-bond acceptors (Lipinski definition) is 5. The number of hydrogen-bond donors (Lipinski definition) is 1. The molecule has 0 bridgehead atoms. The van der Waals surface area contributed by atoms with E-state index in [1.165, 1.54) is 24.0 Å². The standard InChI is InChI=1S/C18H21FN2O4/c1-12(22)15-16(13-4-2-3-5-14(13)19)21(18(24)17(15)23)7-6-20-8-10-25-11-9-20/h2-5,16,23H,6-11H2,1H3/t16-/m0/s1. The molecule has 0 saturated carbocycles. The molecule has 0 aliphatic carbocycles. The molecule has 1 aromatic carbocycles. The zero-order chi connectivity index (χ0) is 18.0. The van der Waals surface area contributed by atoms with E-state index in [-0.39, 0.29) is 11.1 Å². The average Bonchev–Trinajstić information content (AvgIpc) is 2.85. The maximum Gasteiger partial charge on any atom is 0.290 e. The fourth-order valence-corrected chi connectivity index (χ4v) is 3.34. The van der Waals surface area contributed by atoms with E-state index in [4.69, 9.17) is 4.74 Å². The van der Waals surface area contributed by atoms with E-state index < -0.39 is 29.3 Å². The molecule has 3 rings (SSSR count). The predicted octanol–water partition coefficient (Wildman–Crippen LogP) is 1.44. The highest BCUT2D eigenvalue weighted by atomic mass is 19.1. The van der Waals surface area contributed by atoms with Gasteiger partial charge in [-0.3, -0.25) is 14.5 Å². The van der Waals surface area contributed by atoms with Crippen LogP contribution in [0.25, 0.3) is 0 Å². The molecule has 2 aliphatic heterocycles. The summed E-state index contributed by atoms with van der Waals surface area (Å²) >= 11 is 0. The second kappa shape index (κ2) is 7.33. The fourth-order valence-electron chi connectivity index (χ4n) is 3.34. The van der Waals surface area contributed by atoms with E-state index in [0.717, 1.165) is 13.1 Å². The van der Waals surface area contributed by atoms with Crippen molar-refractivity contribution >= 4 is 11.7 Å². The number of morpholine rings is 1. The highest BCUT2D eigenvalue weighted by molar-refractivity contribution is 6.08. The number of halogens is 1. The largest absolute Gasteiger partial charge is 0.503 e. The Bertz CT molecular complexity index is 713. The summed E-state index contributed by atoms with van der Waals surface area (Å²) in [6.45, 7) is 4.91. The van der Waals surface area contributed by atoms with E-state index in [2.05, 4.69) is 4.90 Å². The zero-order valence-corrected chi connectivity index (χ0v) is 14.1. The smallest absolute Gasteiger partial charge is 0.290 e. The van der Waals surface area contributed by atoms with Gasteiger partial charge in [-0.15, -0.1) is 0 Å². The number of amides is 1. The van der Waals surface area contributed by atoms with Gasteiger partial charge in [0.05, 0.1) is 24.8 Å². The van der Waals surface area contributed by atoms with Crippen molar-refractivity contribution in [3.05, 3.63) is 47.0 Å². The molecule has 0 radical (unpaired) electrons. The SMILES string of the molecule is CC(=O)C1=C(O)C(=O)N(CCN2CCOCC2)[C@H]1c1ccccc1F. The Morgan fingerprint density at radius 3 is 2.60 bits per heavy atom. The number of benzene rings is 1. The van der Waals surface area contributed by atoms with Crippen LogP contribution in [0.5, 0.6) is 0 Å². The van der Waals surface area contributed by atoms with E-state index >= 15 is 0 Å². The summed E-state index contributed by atoms with van der Waals surface area (Å²) in [5, 5.41) is 10.2. The van der Waals surface area contributed by atoms with Gasteiger partial charge in [0.2, 0.25) is 0 Å². The van der Waals surface area contributed by atoms with Crippen LogP contribution in [0.4, 0.5) is 4.39 Å². The highest BCUT2D eigenvalue weighted by Crippen LogP contribution is 2.38. The van der Waals surface area contributed by atoms with Crippen LogP contribution in [-0.4, -0.2) is 66.0 Å². The van der Waals surface area contributed by atoms with Crippen LogP contribution in [0.15, 0.2) is 35.6 Å². The Morgan fingerprint density at radius 1 is 1.28 bits per heavy atom. The number of ether oxygens (including phenoxy) is 1. The van der Waals surface area contributed by atoms with Gasteiger partial charge in [0.25, 0.3) is 5.91 Å². The van der Waals surface area contributed by atoms with Crippen molar-refractivity contribution in [2.75, 3.05) is 39.4 Å². The number of carbonyl (C=O) groups excluding carboxylic acids is 2. The van der Waals surface area contributed by atoms with Crippen LogP contribution in [0, 0.1) is 5.82 Å². The molecule has 1 aromatic rings. The number of nitrogens with zero attached hydrogens (tertiary/aromatic N) is 2. The van der Waals surface area contributed by atoms with Gasteiger partial charge in [-0.2, -0.15) is 0 Å². The van der Waals surface area contributed by atoms with Gasteiger partial charge in [-0.1, -0.05) is 18.2 Å². The molecule has 7 heteroatoms. The number of aliphatic hydroxyl groups excluding tert-OH is 1. The molecular formula is C18H21FN2O4. The third kappa shape index (κ3) is 3.43. The molecular weight excluding hydrogens is 327 g/mol. The van der Waals surface area contributed by atoms with Gasteiger partial charge >= 0.3 is 0 Å². The topological polar surface area (TPSA) is 70.1 Å². The van der Waals surface area contributed by atoms with Crippen molar-refractivity contribution < 1.29 is 23.8 Å². The molecule has 0 aromatic heterocycles. The Kier molecular flexibility index (Phi) is 5.15. The minimum absolute atomic E-state index is 0.0444. The minimum Gasteiger partial charge on any atom is -0.503 e. The fraction of sp³-hybridized carbons (Fsp3) is 0.444. The van der Waals surface area contributed by atoms with E-state index in [9.17, 15) is 19.1 Å². The second-order valence-electron chi connectivity index (χ2n) is 6.20. The van der Waals surface area contributed by atoms with E-state index in [0.29, 0.717) is 26.3 Å². The number of ketones is 1. The first-order valence-electron chi connectivity index (χ1n) is 8.30. The molecule has 6 nitrogen and oxygen atoms in total. The Balaban J connectivity index is 1.88. The molecule has 2 heterocycles. The maximum atomic E-state index is 14.3. The molecule has 0 spiro atoms. The van der Waals surface area contributed by atoms with Crippen molar-refractivity contribution in [2.24, 2.45) is 0 Å². The lowest BCUT2D eigenvalue weighted by Gasteiger charge is -2.31.